The fourth-order valence-electron chi connectivity index (χ4n) is 3.40. The lowest BCUT2D eigenvalue weighted by Gasteiger charge is -2.39. The van der Waals surface area contributed by atoms with Crippen LogP contribution < -0.4 is 10.3 Å². The maximum atomic E-state index is 13.1. The van der Waals surface area contributed by atoms with Gasteiger partial charge in [-0.25, -0.2) is 9.52 Å². The van der Waals surface area contributed by atoms with E-state index < -0.39 is 0 Å². The first kappa shape index (κ1) is 17.4. The van der Waals surface area contributed by atoms with Crippen molar-refractivity contribution in [3.63, 3.8) is 0 Å². The zero-order valence-electron chi connectivity index (χ0n) is 14.9. The summed E-state index contributed by atoms with van der Waals surface area (Å²) < 4.78 is 1.59. The molecule has 0 aliphatic carbocycles. The fourth-order valence-corrected chi connectivity index (χ4v) is 3.55. The summed E-state index contributed by atoms with van der Waals surface area (Å²) in [5.74, 6) is -0.363. The molecule has 2 amide bonds. The van der Waals surface area contributed by atoms with E-state index in [-0.39, 0.29) is 11.8 Å². The summed E-state index contributed by atoms with van der Waals surface area (Å²) in [6.07, 6.45) is 2.36. The maximum absolute atomic E-state index is 13.1. The molecular weight excluding hydrogens is 366 g/mol. The molecule has 1 N–H and O–H groups in total. The Bertz CT molecular complexity index is 1060. The number of anilines is 2. The molecule has 7 nitrogen and oxygen atoms in total. The van der Waals surface area contributed by atoms with Gasteiger partial charge in [0.25, 0.3) is 5.91 Å². The number of nitrogens with zero attached hydrogens (tertiary/aromatic N) is 4. The molecule has 3 heterocycles. The SMILES string of the molecule is CC(=O)Nc1cccc2c1N(C)N(C(=O)c1cc3ccc(Cl)cn3n1)CC2. The highest BCUT2D eigenvalue weighted by atomic mass is 35.5. The van der Waals surface area contributed by atoms with E-state index in [4.69, 9.17) is 11.6 Å². The smallest absolute Gasteiger partial charge is 0.292 e. The first-order chi connectivity index (χ1) is 12.9. The maximum Gasteiger partial charge on any atom is 0.292 e. The first-order valence-electron chi connectivity index (χ1n) is 8.54. The Kier molecular flexibility index (Phi) is 4.24. The molecule has 1 aliphatic rings. The molecule has 27 heavy (non-hydrogen) atoms. The molecule has 1 aliphatic heterocycles. The van der Waals surface area contributed by atoms with Gasteiger partial charge in [-0.3, -0.25) is 14.6 Å². The minimum atomic E-state index is -0.208. The Morgan fingerprint density at radius 1 is 1.22 bits per heavy atom. The summed E-state index contributed by atoms with van der Waals surface area (Å²) >= 11 is 6.00. The van der Waals surface area contributed by atoms with E-state index in [0.717, 1.165) is 16.8 Å². The number of fused-ring (bicyclic) bond motifs is 2. The van der Waals surface area contributed by atoms with Crippen molar-refractivity contribution in [2.45, 2.75) is 13.3 Å². The normalized spacial score (nSPS) is 13.6. The molecule has 0 atom stereocenters. The standard InChI is InChI=1S/C19H18ClN5O2/c1-12(26)21-16-5-3-4-13-8-9-25(23(2)18(13)16)19(27)17-10-15-7-6-14(20)11-24(15)22-17/h3-7,10-11H,8-9H2,1-2H3,(H,21,26). The molecular formula is C19H18ClN5O2. The monoisotopic (exact) mass is 383 g/mol. The number of hydrogen-bond donors (Lipinski definition) is 1. The van der Waals surface area contributed by atoms with Gasteiger partial charge in [-0.2, -0.15) is 5.10 Å². The topological polar surface area (TPSA) is 70.0 Å². The third-order valence-electron chi connectivity index (χ3n) is 4.59. The number of amides is 2. The highest BCUT2D eigenvalue weighted by Crippen LogP contribution is 2.34. The lowest BCUT2D eigenvalue weighted by Crippen LogP contribution is -2.49. The number of aromatic nitrogens is 2. The predicted octanol–water partition coefficient (Wildman–Crippen LogP) is 3.00. The third-order valence-corrected chi connectivity index (χ3v) is 4.81. The van der Waals surface area contributed by atoms with Gasteiger partial charge < -0.3 is 5.32 Å². The Hall–Kier alpha value is -3.06. The van der Waals surface area contributed by atoms with Crippen LogP contribution in [0.25, 0.3) is 5.52 Å². The lowest BCUT2D eigenvalue weighted by molar-refractivity contribution is -0.114. The van der Waals surface area contributed by atoms with E-state index in [1.54, 1.807) is 32.9 Å². The molecule has 0 fully saturated rings. The van der Waals surface area contributed by atoms with Crippen LogP contribution in [-0.4, -0.2) is 40.0 Å². The van der Waals surface area contributed by atoms with Gasteiger partial charge in [-0.05, 0) is 36.2 Å². The van der Waals surface area contributed by atoms with Crippen LogP contribution in [0.3, 0.4) is 0 Å². The molecule has 0 radical (unpaired) electrons. The molecule has 0 spiro atoms. The average molecular weight is 384 g/mol. The number of halogens is 1. The van der Waals surface area contributed by atoms with E-state index >= 15 is 0 Å². The van der Waals surface area contributed by atoms with E-state index in [1.165, 1.54) is 6.92 Å². The van der Waals surface area contributed by atoms with E-state index in [0.29, 0.717) is 29.4 Å². The summed E-state index contributed by atoms with van der Waals surface area (Å²) in [6, 6.07) is 11.1. The highest BCUT2D eigenvalue weighted by molar-refractivity contribution is 6.30. The van der Waals surface area contributed by atoms with Crippen LogP contribution in [0.2, 0.25) is 5.02 Å². The van der Waals surface area contributed by atoms with Crippen molar-refractivity contribution in [3.05, 3.63) is 58.9 Å². The summed E-state index contributed by atoms with van der Waals surface area (Å²) in [6.45, 7) is 1.99. The number of nitrogens with one attached hydrogen (secondary N) is 1. The Labute approximate surface area is 161 Å². The number of benzene rings is 1. The second-order valence-corrected chi connectivity index (χ2v) is 6.88. The van der Waals surface area contributed by atoms with E-state index in [1.807, 2.05) is 31.3 Å². The van der Waals surface area contributed by atoms with Gasteiger partial charge in [0.15, 0.2) is 5.69 Å². The van der Waals surface area contributed by atoms with Gasteiger partial charge in [0.05, 0.1) is 21.9 Å². The minimum absolute atomic E-state index is 0.155. The van der Waals surface area contributed by atoms with Gasteiger partial charge in [-0.1, -0.05) is 23.7 Å². The predicted molar refractivity (Wildman–Crippen MR) is 104 cm³/mol. The molecule has 0 saturated heterocycles. The summed E-state index contributed by atoms with van der Waals surface area (Å²) in [5.41, 5.74) is 3.71. The van der Waals surface area contributed by atoms with E-state index in [2.05, 4.69) is 10.4 Å². The Morgan fingerprint density at radius 3 is 2.81 bits per heavy atom. The highest BCUT2D eigenvalue weighted by Gasteiger charge is 2.29. The summed E-state index contributed by atoms with van der Waals surface area (Å²) in [7, 11) is 1.81. The van der Waals surface area contributed by atoms with Gasteiger partial charge in [-0.15, -0.1) is 0 Å². The van der Waals surface area contributed by atoms with Crippen molar-refractivity contribution in [2.24, 2.45) is 0 Å². The second kappa shape index (κ2) is 6.59. The molecule has 0 unspecified atom stereocenters. The third kappa shape index (κ3) is 3.10. The molecule has 4 rings (SSSR count). The van der Waals surface area contributed by atoms with Crippen LogP contribution >= 0.6 is 11.6 Å². The molecule has 8 heteroatoms. The molecule has 3 aromatic rings. The zero-order chi connectivity index (χ0) is 19.1. The van der Waals surface area contributed by atoms with Crippen LogP contribution in [0.4, 0.5) is 11.4 Å². The number of hydrazine groups is 1. The summed E-state index contributed by atoms with van der Waals surface area (Å²) in [5, 5.41) is 11.2. The van der Waals surface area contributed by atoms with Gasteiger partial charge in [0.1, 0.15) is 0 Å². The quantitative estimate of drug-likeness (QED) is 0.738. The number of para-hydroxylation sites is 1. The number of pyridine rings is 1. The van der Waals surface area contributed by atoms with E-state index in [9.17, 15) is 9.59 Å². The van der Waals surface area contributed by atoms with Crippen LogP contribution in [0.1, 0.15) is 23.0 Å². The Morgan fingerprint density at radius 2 is 2.04 bits per heavy atom. The van der Waals surface area contributed by atoms with Crippen molar-refractivity contribution in [3.8, 4) is 0 Å². The number of hydrogen-bond acceptors (Lipinski definition) is 4. The van der Waals surface area contributed by atoms with Crippen molar-refractivity contribution >= 4 is 40.3 Å². The van der Waals surface area contributed by atoms with Crippen molar-refractivity contribution in [2.75, 3.05) is 23.9 Å². The average Bonchev–Trinajstić information content (AvgIpc) is 3.04. The van der Waals surface area contributed by atoms with Crippen LogP contribution in [0, 0.1) is 0 Å². The Balaban J connectivity index is 1.69. The minimum Gasteiger partial charge on any atom is -0.324 e. The second-order valence-electron chi connectivity index (χ2n) is 6.44. The van der Waals surface area contributed by atoms with Crippen molar-refractivity contribution < 1.29 is 9.59 Å². The van der Waals surface area contributed by atoms with Crippen LogP contribution in [0.15, 0.2) is 42.6 Å². The van der Waals surface area contributed by atoms with Crippen LogP contribution in [-0.2, 0) is 11.2 Å². The number of carbonyl (C=O) groups is 2. The lowest BCUT2D eigenvalue weighted by atomic mass is 10.0. The molecule has 2 aromatic heterocycles. The number of carbonyl (C=O) groups excluding carboxylic acids is 2. The van der Waals surface area contributed by atoms with Gasteiger partial charge in [0.2, 0.25) is 5.91 Å². The molecule has 138 valence electrons. The number of rotatable bonds is 2. The largest absolute Gasteiger partial charge is 0.324 e. The van der Waals surface area contributed by atoms with Crippen molar-refractivity contribution in [1.29, 1.82) is 0 Å². The molecule has 0 saturated carbocycles. The zero-order valence-corrected chi connectivity index (χ0v) is 15.7. The first-order valence-corrected chi connectivity index (χ1v) is 8.92. The van der Waals surface area contributed by atoms with Gasteiger partial charge in [0, 0.05) is 26.7 Å². The van der Waals surface area contributed by atoms with Crippen molar-refractivity contribution in [1.82, 2.24) is 14.6 Å². The van der Waals surface area contributed by atoms with Gasteiger partial charge >= 0.3 is 0 Å². The summed E-state index contributed by atoms with van der Waals surface area (Å²) in [4.78, 5) is 24.6. The molecule has 0 bridgehead atoms. The molecule has 1 aromatic carbocycles. The fraction of sp³-hybridized carbons (Fsp3) is 0.211. The van der Waals surface area contributed by atoms with Crippen LogP contribution in [0.5, 0.6) is 0 Å².